The van der Waals surface area contributed by atoms with Gasteiger partial charge < -0.3 is 9.84 Å². The maximum Gasteiger partial charge on any atom is 0.126 e. The summed E-state index contributed by atoms with van der Waals surface area (Å²) in [6.07, 6.45) is -0.821. The van der Waals surface area contributed by atoms with Crippen LogP contribution in [-0.2, 0) is 0 Å². The molecule has 0 aliphatic rings. The summed E-state index contributed by atoms with van der Waals surface area (Å²) in [5, 5.41) is 11.3. The zero-order chi connectivity index (χ0) is 14.0. The second-order valence-electron chi connectivity index (χ2n) is 3.96. The lowest BCUT2D eigenvalue weighted by Crippen LogP contribution is -2.02. The number of aliphatic hydroxyl groups excluding tert-OH is 1. The van der Waals surface area contributed by atoms with Crippen LogP contribution in [-0.4, -0.2) is 12.2 Å². The van der Waals surface area contributed by atoms with Crippen LogP contribution >= 0.6 is 39.1 Å². The van der Waals surface area contributed by atoms with Gasteiger partial charge in [-0.25, -0.2) is 0 Å². The molecule has 0 aromatic heterocycles. The highest BCUT2D eigenvalue weighted by Crippen LogP contribution is 2.34. The minimum absolute atomic E-state index is 0.411. The van der Waals surface area contributed by atoms with E-state index in [0.717, 1.165) is 4.47 Å². The van der Waals surface area contributed by atoms with E-state index in [1.807, 2.05) is 6.07 Å². The Hall–Kier alpha value is -0.740. The van der Waals surface area contributed by atoms with Gasteiger partial charge in [0, 0.05) is 10.0 Å². The predicted molar refractivity (Wildman–Crippen MR) is 81.2 cm³/mol. The van der Waals surface area contributed by atoms with E-state index >= 15 is 0 Å². The molecule has 0 aliphatic carbocycles. The second-order valence-corrected chi connectivity index (χ2v) is 5.69. The van der Waals surface area contributed by atoms with Crippen molar-refractivity contribution in [1.29, 1.82) is 0 Å². The number of halogens is 3. The Bertz CT molecular complexity index is 602. The van der Waals surface area contributed by atoms with Crippen molar-refractivity contribution in [2.75, 3.05) is 7.11 Å². The summed E-state index contributed by atoms with van der Waals surface area (Å²) >= 11 is 15.2. The number of benzene rings is 2. The number of rotatable bonds is 3. The topological polar surface area (TPSA) is 29.5 Å². The van der Waals surface area contributed by atoms with Crippen LogP contribution in [0.1, 0.15) is 17.2 Å². The van der Waals surface area contributed by atoms with Crippen molar-refractivity contribution in [2.24, 2.45) is 0 Å². The first-order chi connectivity index (χ1) is 9.02. The molecule has 1 N–H and O–H groups in total. The van der Waals surface area contributed by atoms with Crippen LogP contribution in [0.4, 0.5) is 0 Å². The Kier molecular flexibility index (Phi) is 4.74. The first-order valence-corrected chi connectivity index (χ1v) is 7.04. The highest BCUT2D eigenvalue weighted by molar-refractivity contribution is 9.10. The van der Waals surface area contributed by atoms with Crippen LogP contribution in [0.2, 0.25) is 10.0 Å². The molecule has 1 unspecified atom stereocenters. The zero-order valence-corrected chi connectivity index (χ0v) is 13.1. The van der Waals surface area contributed by atoms with Gasteiger partial charge in [0.05, 0.1) is 17.2 Å². The standard InChI is InChI=1S/C14H11BrCl2O2/c1-19-13-7-9(15)3-4-10(13)14(18)8-2-5-11(16)12(17)6-8/h2-7,14,18H,1H3. The Morgan fingerprint density at radius 1 is 1.11 bits per heavy atom. The van der Waals surface area contributed by atoms with Gasteiger partial charge in [-0.05, 0) is 29.8 Å². The van der Waals surface area contributed by atoms with Crippen LogP contribution in [0.25, 0.3) is 0 Å². The van der Waals surface area contributed by atoms with Crippen molar-refractivity contribution < 1.29 is 9.84 Å². The summed E-state index contributed by atoms with van der Waals surface area (Å²) in [6, 6.07) is 10.5. The van der Waals surface area contributed by atoms with Crippen molar-refractivity contribution >= 4 is 39.1 Å². The fraction of sp³-hybridized carbons (Fsp3) is 0.143. The number of hydrogen-bond acceptors (Lipinski definition) is 2. The molecule has 1 atom stereocenters. The Morgan fingerprint density at radius 2 is 1.84 bits per heavy atom. The van der Waals surface area contributed by atoms with Gasteiger partial charge in [0.1, 0.15) is 11.9 Å². The number of hydrogen-bond donors (Lipinski definition) is 1. The molecule has 0 saturated carbocycles. The quantitative estimate of drug-likeness (QED) is 0.846. The maximum atomic E-state index is 10.4. The zero-order valence-electron chi connectivity index (χ0n) is 10.0. The smallest absolute Gasteiger partial charge is 0.126 e. The Labute approximate surface area is 130 Å². The first kappa shape index (κ1) is 14.7. The molecule has 100 valence electrons. The minimum Gasteiger partial charge on any atom is -0.496 e. The molecule has 0 radical (unpaired) electrons. The minimum atomic E-state index is -0.821. The fourth-order valence-corrected chi connectivity index (χ4v) is 2.42. The lowest BCUT2D eigenvalue weighted by Gasteiger charge is -2.16. The molecule has 0 saturated heterocycles. The number of ether oxygens (including phenoxy) is 1. The third-order valence-electron chi connectivity index (χ3n) is 2.75. The van der Waals surface area contributed by atoms with Gasteiger partial charge in [0.2, 0.25) is 0 Å². The van der Waals surface area contributed by atoms with E-state index in [-0.39, 0.29) is 0 Å². The molecule has 2 rings (SSSR count). The fourth-order valence-electron chi connectivity index (χ4n) is 1.77. The van der Waals surface area contributed by atoms with E-state index in [2.05, 4.69) is 15.9 Å². The maximum absolute atomic E-state index is 10.4. The van der Waals surface area contributed by atoms with Gasteiger partial charge in [0.15, 0.2) is 0 Å². The predicted octanol–water partition coefficient (Wildman–Crippen LogP) is 4.85. The van der Waals surface area contributed by atoms with Crippen molar-refractivity contribution in [3.63, 3.8) is 0 Å². The molecule has 19 heavy (non-hydrogen) atoms. The van der Waals surface area contributed by atoms with Crippen LogP contribution in [0.5, 0.6) is 5.75 Å². The molecule has 2 aromatic rings. The van der Waals surface area contributed by atoms with E-state index in [4.69, 9.17) is 27.9 Å². The molecule has 0 aliphatic heterocycles. The first-order valence-electron chi connectivity index (χ1n) is 5.49. The summed E-state index contributed by atoms with van der Waals surface area (Å²) in [7, 11) is 1.56. The van der Waals surface area contributed by atoms with Gasteiger partial charge in [-0.1, -0.05) is 51.3 Å². The third kappa shape index (κ3) is 3.23. The Morgan fingerprint density at radius 3 is 2.47 bits per heavy atom. The molecular formula is C14H11BrCl2O2. The highest BCUT2D eigenvalue weighted by atomic mass is 79.9. The molecule has 0 fully saturated rings. The molecule has 0 bridgehead atoms. The summed E-state index contributed by atoms with van der Waals surface area (Å²) in [4.78, 5) is 0. The average molecular weight is 362 g/mol. The van der Waals surface area contributed by atoms with E-state index in [9.17, 15) is 5.11 Å². The van der Waals surface area contributed by atoms with Crippen LogP contribution in [0.15, 0.2) is 40.9 Å². The van der Waals surface area contributed by atoms with Crippen LogP contribution in [0.3, 0.4) is 0 Å². The van der Waals surface area contributed by atoms with E-state index in [1.54, 1.807) is 37.4 Å². The normalized spacial score (nSPS) is 12.3. The van der Waals surface area contributed by atoms with Crippen molar-refractivity contribution in [2.45, 2.75) is 6.10 Å². The van der Waals surface area contributed by atoms with Gasteiger partial charge >= 0.3 is 0 Å². The molecule has 2 aromatic carbocycles. The molecule has 5 heteroatoms. The summed E-state index contributed by atoms with van der Waals surface area (Å²) in [5.41, 5.74) is 1.33. The van der Waals surface area contributed by atoms with Crippen LogP contribution < -0.4 is 4.74 Å². The molecular weight excluding hydrogens is 351 g/mol. The highest BCUT2D eigenvalue weighted by Gasteiger charge is 2.16. The lowest BCUT2D eigenvalue weighted by atomic mass is 10.0. The SMILES string of the molecule is COc1cc(Br)ccc1C(O)c1ccc(Cl)c(Cl)c1. The van der Waals surface area contributed by atoms with E-state index in [1.165, 1.54) is 0 Å². The number of methoxy groups -OCH3 is 1. The lowest BCUT2D eigenvalue weighted by molar-refractivity contribution is 0.214. The van der Waals surface area contributed by atoms with Gasteiger partial charge in [-0.2, -0.15) is 0 Å². The second kappa shape index (κ2) is 6.14. The average Bonchev–Trinajstić information content (AvgIpc) is 2.41. The monoisotopic (exact) mass is 360 g/mol. The summed E-state index contributed by atoms with van der Waals surface area (Å²) in [6.45, 7) is 0. The number of aliphatic hydroxyl groups is 1. The van der Waals surface area contributed by atoms with Gasteiger partial charge in [-0.3, -0.25) is 0 Å². The molecule has 0 heterocycles. The van der Waals surface area contributed by atoms with Gasteiger partial charge in [-0.15, -0.1) is 0 Å². The van der Waals surface area contributed by atoms with Crippen molar-refractivity contribution in [1.82, 2.24) is 0 Å². The molecule has 0 spiro atoms. The third-order valence-corrected chi connectivity index (χ3v) is 3.98. The van der Waals surface area contributed by atoms with E-state index in [0.29, 0.717) is 26.9 Å². The van der Waals surface area contributed by atoms with Crippen molar-refractivity contribution in [3.8, 4) is 5.75 Å². The largest absolute Gasteiger partial charge is 0.496 e. The summed E-state index contributed by atoms with van der Waals surface area (Å²) < 4.78 is 6.16. The molecule has 0 amide bonds. The summed E-state index contributed by atoms with van der Waals surface area (Å²) in [5.74, 6) is 0.605. The van der Waals surface area contributed by atoms with E-state index < -0.39 is 6.10 Å². The molecule has 2 nitrogen and oxygen atoms in total. The Balaban J connectivity index is 2.43. The van der Waals surface area contributed by atoms with Crippen molar-refractivity contribution in [3.05, 3.63) is 62.0 Å². The van der Waals surface area contributed by atoms with Crippen LogP contribution in [0, 0.1) is 0 Å². The van der Waals surface area contributed by atoms with Gasteiger partial charge in [0.25, 0.3) is 0 Å².